The second kappa shape index (κ2) is 5.65. The number of nitrogens with zero attached hydrogens (tertiary/aromatic N) is 1. The Kier molecular flexibility index (Phi) is 4.09. The number of amides is 1. The van der Waals surface area contributed by atoms with Crippen LogP contribution in [0.1, 0.15) is 35.5 Å². The summed E-state index contributed by atoms with van der Waals surface area (Å²) in [5, 5.41) is 12.1. The van der Waals surface area contributed by atoms with Gasteiger partial charge in [-0.3, -0.25) is 4.79 Å². The lowest BCUT2D eigenvalue weighted by molar-refractivity contribution is -0.120. The normalized spacial score (nSPS) is 11.2. The van der Waals surface area contributed by atoms with Crippen molar-refractivity contribution in [3.8, 4) is 0 Å². The molecule has 0 fully saturated rings. The van der Waals surface area contributed by atoms with E-state index in [1.54, 1.807) is 20.8 Å². The first kappa shape index (κ1) is 15.2. The van der Waals surface area contributed by atoms with Crippen LogP contribution in [0.3, 0.4) is 0 Å². The van der Waals surface area contributed by atoms with Gasteiger partial charge in [-0.2, -0.15) is 4.37 Å². The van der Waals surface area contributed by atoms with Crippen molar-refractivity contribution >= 4 is 28.4 Å². The fraction of sp³-hybridized carbons (Fsp3) is 0.267. The second-order valence-electron chi connectivity index (χ2n) is 5.22. The zero-order valence-corrected chi connectivity index (χ0v) is 12.8. The minimum absolute atomic E-state index is 0.0530. The molecule has 1 heterocycles. The number of carboxylic acids is 1. The van der Waals surface area contributed by atoms with Crippen LogP contribution in [0.5, 0.6) is 0 Å². The average Bonchev–Trinajstić information content (AvgIpc) is 2.80. The summed E-state index contributed by atoms with van der Waals surface area (Å²) in [6.45, 7) is 5.20. The Morgan fingerprint density at radius 3 is 2.43 bits per heavy atom. The van der Waals surface area contributed by atoms with Crippen LogP contribution in [-0.4, -0.2) is 21.4 Å². The highest BCUT2D eigenvalue weighted by Crippen LogP contribution is 2.29. The Morgan fingerprint density at radius 2 is 1.86 bits per heavy atom. The van der Waals surface area contributed by atoms with Crippen molar-refractivity contribution in [2.24, 2.45) is 0 Å². The first-order valence-electron chi connectivity index (χ1n) is 6.40. The minimum Gasteiger partial charge on any atom is -0.478 e. The monoisotopic (exact) mass is 304 g/mol. The summed E-state index contributed by atoms with van der Waals surface area (Å²) >= 11 is 0.981. The molecule has 2 N–H and O–H groups in total. The predicted molar refractivity (Wildman–Crippen MR) is 81.9 cm³/mol. The Morgan fingerprint density at radius 1 is 1.24 bits per heavy atom. The summed E-state index contributed by atoms with van der Waals surface area (Å²) < 4.78 is 3.99. The Hall–Kier alpha value is -2.21. The molecule has 110 valence electrons. The number of aryl methyl sites for hydroxylation is 1. The van der Waals surface area contributed by atoms with Gasteiger partial charge in [-0.1, -0.05) is 30.3 Å². The molecule has 0 saturated carbocycles. The van der Waals surface area contributed by atoms with Crippen LogP contribution in [0.4, 0.5) is 5.00 Å². The average molecular weight is 304 g/mol. The number of aromatic carboxylic acids is 1. The van der Waals surface area contributed by atoms with E-state index in [-0.39, 0.29) is 16.5 Å². The smallest absolute Gasteiger partial charge is 0.340 e. The second-order valence-corrected chi connectivity index (χ2v) is 6.00. The number of carbonyl (C=O) groups excluding carboxylic acids is 1. The van der Waals surface area contributed by atoms with Crippen LogP contribution < -0.4 is 5.32 Å². The number of anilines is 1. The van der Waals surface area contributed by atoms with Crippen LogP contribution in [0.15, 0.2) is 30.3 Å². The van der Waals surface area contributed by atoms with Gasteiger partial charge in [-0.05, 0) is 37.9 Å². The zero-order chi connectivity index (χ0) is 15.6. The Labute approximate surface area is 126 Å². The topological polar surface area (TPSA) is 79.3 Å². The number of hydrogen-bond acceptors (Lipinski definition) is 4. The SMILES string of the molecule is Cc1nsc(NC(=O)C(C)(C)c2ccccc2)c1C(=O)O. The summed E-state index contributed by atoms with van der Waals surface area (Å²) in [7, 11) is 0. The third-order valence-electron chi connectivity index (χ3n) is 3.37. The van der Waals surface area contributed by atoms with E-state index in [4.69, 9.17) is 0 Å². The summed E-state index contributed by atoms with van der Waals surface area (Å²) in [5.74, 6) is -1.35. The molecule has 0 spiro atoms. The van der Waals surface area contributed by atoms with Gasteiger partial charge in [0.15, 0.2) is 0 Å². The summed E-state index contributed by atoms with van der Waals surface area (Å²) in [5.41, 5.74) is 0.549. The van der Waals surface area contributed by atoms with Crippen LogP contribution in [-0.2, 0) is 10.2 Å². The van der Waals surface area contributed by atoms with E-state index < -0.39 is 11.4 Å². The minimum atomic E-state index is -1.09. The number of hydrogen-bond donors (Lipinski definition) is 2. The van der Waals surface area contributed by atoms with Crippen molar-refractivity contribution in [3.05, 3.63) is 47.2 Å². The third kappa shape index (κ3) is 2.95. The largest absolute Gasteiger partial charge is 0.478 e. The lowest BCUT2D eigenvalue weighted by Crippen LogP contribution is -2.34. The van der Waals surface area contributed by atoms with E-state index >= 15 is 0 Å². The van der Waals surface area contributed by atoms with Gasteiger partial charge in [0.2, 0.25) is 5.91 Å². The van der Waals surface area contributed by atoms with E-state index in [1.165, 1.54) is 0 Å². The van der Waals surface area contributed by atoms with E-state index in [0.29, 0.717) is 5.69 Å². The number of carboxylic acid groups (broad SMARTS) is 1. The molecule has 0 aliphatic heterocycles. The lowest BCUT2D eigenvalue weighted by atomic mass is 9.84. The molecule has 0 aliphatic rings. The molecule has 0 atom stereocenters. The van der Waals surface area contributed by atoms with E-state index in [9.17, 15) is 14.7 Å². The van der Waals surface area contributed by atoms with Gasteiger partial charge >= 0.3 is 5.97 Å². The molecule has 0 bridgehead atoms. The van der Waals surface area contributed by atoms with E-state index in [0.717, 1.165) is 17.1 Å². The fourth-order valence-corrected chi connectivity index (χ4v) is 2.74. The van der Waals surface area contributed by atoms with Crippen molar-refractivity contribution in [3.63, 3.8) is 0 Å². The molecule has 1 aromatic carbocycles. The van der Waals surface area contributed by atoms with Crippen LogP contribution >= 0.6 is 11.5 Å². The molecule has 6 heteroatoms. The molecule has 5 nitrogen and oxygen atoms in total. The van der Waals surface area contributed by atoms with Gasteiger partial charge < -0.3 is 10.4 Å². The maximum atomic E-state index is 12.5. The van der Waals surface area contributed by atoms with Crippen molar-refractivity contribution in [2.45, 2.75) is 26.2 Å². The lowest BCUT2D eigenvalue weighted by Gasteiger charge is -2.23. The summed E-state index contributed by atoms with van der Waals surface area (Å²) in [6.07, 6.45) is 0. The van der Waals surface area contributed by atoms with Crippen molar-refractivity contribution in [1.29, 1.82) is 0 Å². The van der Waals surface area contributed by atoms with Crippen LogP contribution in [0, 0.1) is 6.92 Å². The van der Waals surface area contributed by atoms with Gasteiger partial charge in [0, 0.05) is 0 Å². The van der Waals surface area contributed by atoms with Crippen LogP contribution in [0.2, 0.25) is 0 Å². The predicted octanol–water partition coefficient (Wildman–Crippen LogP) is 3.07. The molecule has 0 radical (unpaired) electrons. The third-order valence-corrected chi connectivity index (χ3v) is 4.22. The number of rotatable bonds is 4. The number of aromatic nitrogens is 1. The zero-order valence-electron chi connectivity index (χ0n) is 12.0. The van der Waals surface area contributed by atoms with Gasteiger partial charge in [0.1, 0.15) is 10.6 Å². The molecular weight excluding hydrogens is 288 g/mol. The highest BCUT2D eigenvalue weighted by molar-refractivity contribution is 7.11. The Bertz CT molecular complexity index is 677. The molecule has 1 amide bonds. The van der Waals surface area contributed by atoms with Gasteiger partial charge in [-0.25, -0.2) is 4.79 Å². The molecule has 2 rings (SSSR count). The van der Waals surface area contributed by atoms with Crippen molar-refractivity contribution < 1.29 is 14.7 Å². The van der Waals surface area contributed by atoms with Gasteiger partial charge in [0.05, 0.1) is 11.1 Å². The van der Waals surface area contributed by atoms with E-state index in [2.05, 4.69) is 9.69 Å². The number of benzene rings is 1. The molecule has 21 heavy (non-hydrogen) atoms. The van der Waals surface area contributed by atoms with Gasteiger partial charge in [0.25, 0.3) is 0 Å². The molecular formula is C15H16N2O3S. The molecule has 1 aromatic heterocycles. The summed E-state index contributed by atoms with van der Waals surface area (Å²) in [6, 6.07) is 9.35. The van der Waals surface area contributed by atoms with Crippen molar-refractivity contribution in [1.82, 2.24) is 4.37 Å². The van der Waals surface area contributed by atoms with Crippen molar-refractivity contribution in [2.75, 3.05) is 5.32 Å². The van der Waals surface area contributed by atoms with E-state index in [1.807, 2.05) is 30.3 Å². The first-order chi connectivity index (χ1) is 9.84. The first-order valence-corrected chi connectivity index (χ1v) is 7.18. The highest BCUT2D eigenvalue weighted by Gasteiger charge is 2.31. The number of carbonyl (C=O) groups is 2. The number of nitrogens with one attached hydrogen (secondary N) is 1. The maximum Gasteiger partial charge on any atom is 0.340 e. The maximum absolute atomic E-state index is 12.5. The highest BCUT2D eigenvalue weighted by atomic mass is 32.1. The molecule has 0 unspecified atom stereocenters. The standard InChI is InChI=1S/C15H16N2O3S/c1-9-11(13(18)19)12(21-17-9)16-14(20)15(2,3)10-7-5-4-6-8-10/h4-8H,1-3H3,(H,16,20)(H,18,19). The van der Waals surface area contributed by atoms with Gasteiger partial charge in [-0.15, -0.1) is 0 Å². The van der Waals surface area contributed by atoms with Crippen LogP contribution in [0.25, 0.3) is 0 Å². The Balaban J connectivity index is 2.28. The molecule has 2 aromatic rings. The fourth-order valence-electron chi connectivity index (χ4n) is 1.95. The summed E-state index contributed by atoms with van der Waals surface area (Å²) in [4.78, 5) is 23.7. The molecule has 0 aliphatic carbocycles. The quantitative estimate of drug-likeness (QED) is 0.909. The molecule has 0 saturated heterocycles.